The first-order chi connectivity index (χ1) is 7.79. The monoisotopic (exact) mass is 235 g/mol. The minimum Gasteiger partial charge on any atom is -0.353 e. The Morgan fingerprint density at radius 3 is 2.81 bits per heavy atom. The minimum atomic E-state index is 0.515. The summed E-state index contributed by atoms with van der Waals surface area (Å²) in [5, 5.41) is 7.46. The predicted molar refractivity (Wildman–Crippen MR) is 67.1 cm³/mol. The Labute approximate surface area is 99.9 Å². The van der Waals surface area contributed by atoms with Crippen LogP contribution < -0.4 is 10.6 Å². The Kier molecular flexibility index (Phi) is 2.48. The Balaban J connectivity index is 1.73. The van der Waals surface area contributed by atoms with E-state index in [-0.39, 0.29) is 0 Å². The van der Waals surface area contributed by atoms with Crippen LogP contribution in [0.25, 0.3) is 0 Å². The number of guanidine groups is 1. The third kappa shape index (κ3) is 2.00. The number of nitrogens with one attached hydrogen (secondary N) is 2. The quantitative estimate of drug-likeness (QED) is 0.785. The molecule has 0 radical (unpaired) electrons. The van der Waals surface area contributed by atoms with Gasteiger partial charge in [-0.3, -0.25) is 0 Å². The van der Waals surface area contributed by atoms with Gasteiger partial charge in [0, 0.05) is 16.8 Å². The molecule has 1 aliphatic heterocycles. The highest BCUT2D eigenvalue weighted by molar-refractivity contribution is 6.30. The van der Waals surface area contributed by atoms with Crippen LogP contribution in [0.5, 0.6) is 0 Å². The second-order valence-corrected chi connectivity index (χ2v) is 4.85. The van der Waals surface area contributed by atoms with E-state index in [1.807, 2.05) is 24.3 Å². The molecule has 2 unspecified atom stereocenters. The van der Waals surface area contributed by atoms with Crippen molar-refractivity contribution in [2.45, 2.75) is 31.3 Å². The van der Waals surface area contributed by atoms with Gasteiger partial charge in [-0.1, -0.05) is 11.6 Å². The van der Waals surface area contributed by atoms with Gasteiger partial charge in [-0.2, -0.15) is 0 Å². The van der Waals surface area contributed by atoms with E-state index in [0.29, 0.717) is 12.1 Å². The SMILES string of the molecule is Clc1ccc(NC2=NC3CCC(C3)N2)cc1. The van der Waals surface area contributed by atoms with E-state index in [2.05, 4.69) is 15.6 Å². The van der Waals surface area contributed by atoms with Crippen molar-refractivity contribution >= 4 is 23.2 Å². The molecule has 0 spiro atoms. The van der Waals surface area contributed by atoms with E-state index in [9.17, 15) is 0 Å². The van der Waals surface area contributed by atoms with Crippen LogP contribution in [-0.2, 0) is 0 Å². The lowest BCUT2D eigenvalue weighted by Gasteiger charge is -2.22. The second-order valence-electron chi connectivity index (χ2n) is 4.42. The molecule has 0 saturated heterocycles. The maximum Gasteiger partial charge on any atom is 0.196 e. The van der Waals surface area contributed by atoms with Crippen molar-refractivity contribution in [3.63, 3.8) is 0 Å². The van der Waals surface area contributed by atoms with E-state index >= 15 is 0 Å². The molecule has 1 aromatic rings. The molecule has 2 N–H and O–H groups in total. The van der Waals surface area contributed by atoms with Gasteiger partial charge < -0.3 is 10.6 Å². The maximum atomic E-state index is 5.84. The molecule has 2 atom stereocenters. The largest absolute Gasteiger partial charge is 0.353 e. The van der Waals surface area contributed by atoms with Crippen LogP contribution in [0, 0.1) is 0 Å². The molecule has 2 bridgehead atoms. The minimum absolute atomic E-state index is 0.515. The molecule has 3 rings (SSSR count). The zero-order valence-electron chi connectivity index (χ0n) is 8.91. The molecule has 0 amide bonds. The molecule has 4 heteroatoms. The van der Waals surface area contributed by atoms with Gasteiger partial charge in [0.1, 0.15) is 0 Å². The molecule has 84 valence electrons. The van der Waals surface area contributed by atoms with Crippen LogP contribution >= 0.6 is 11.6 Å². The molecule has 1 heterocycles. The summed E-state index contributed by atoms with van der Waals surface area (Å²) in [5.74, 6) is 0.904. The smallest absolute Gasteiger partial charge is 0.196 e. The fraction of sp³-hybridized carbons (Fsp3) is 0.417. The maximum absolute atomic E-state index is 5.84. The highest BCUT2D eigenvalue weighted by atomic mass is 35.5. The van der Waals surface area contributed by atoms with E-state index in [4.69, 9.17) is 11.6 Å². The van der Waals surface area contributed by atoms with Crippen LogP contribution in [0.15, 0.2) is 29.3 Å². The first-order valence-electron chi connectivity index (χ1n) is 5.66. The first kappa shape index (κ1) is 9.97. The summed E-state index contributed by atoms with van der Waals surface area (Å²) in [5.41, 5.74) is 1.02. The number of halogens is 1. The Bertz CT molecular complexity index is 413. The van der Waals surface area contributed by atoms with Crippen molar-refractivity contribution in [1.29, 1.82) is 0 Å². The number of anilines is 1. The number of nitrogens with zero attached hydrogens (tertiary/aromatic N) is 1. The molecule has 1 saturated carbocycles. The first-order valence-corrected chi connectivity index (χ1v) is 6.04. The van der Waals surface area contributed by atoms with Gasteiger partial charge in [0.05, 0.1) is 6.04 Å². The van der Waals surface area contributed by atoms with Gasteiger partial charge in [0.15, 0.2) is 5.96 Å². The zero-order chi connectivity index (χ0) is 11.0. The predicted octanol–water partition coefficient (Wildman–Crippen LogP) is 2.63. The summed E-state index contributed by atoms with van der Waals surface area (Å²) in [4.78, 5) is 4.62. The van der Waals surface area contributed by atoms with Crippen molar-refractivity contribution in [2.24, 2.45) is 4.99 Å². The number of hydrogen-bond acceptors (Lipinski definition) is 3. The number of rotatable bonds is 1. The molecule has 1 aromatic carbocycles. The molecule has 1 fully saturated rings. The molecule has 2 aliphatic rings. The number of aliphatic imine (C=N–C) groups is 1. The van der Waals surface area contributed by atoms with Crippen molar-refractivity contribution in [2.75, 3.05) is 5.32 Å². The summed E-state index contributed by atoms with van der Waals surface area (Å²) in [7, 11) is 0. The lowest BCUT2D eigenvalue weighted by molar-refractivity contribution is 0.582. The summed E-state index contributed by atoms with van der Waals surface area (Å²) in [6.45, 7) is 0. The Morgan fingerprint density at radius 2 is 2.06 bits per heavy atom. The third-order valence-corrected chi connectivity index (χ3v) is 3.42. The fourth-order valence-electron chi connectivity index (χ4n) is 2.36. The summed E-state index contributed by atoms with van der Waals surface area (Å²) in [6, 6.07) is 8.80. The van der Waals surface area contributed by atoms with Crippen LogP contribution in [-0.4, -0.2) is 18.0 Å². The standard InChI is InChI=1S/C12H14ClN3/c13-8-1-3-9(4-2-8)14-12-15-10-5-6-11(7-10)16-12/h1-4,10-11H,5-7H2,(H2,14,15,16). The highest BCUT2D eigenvalue weighted by Crippen LogP contribution is 2.25. The molecular formula is C12H14ClN3. The second kappa shape index (κ2) is 3.98. The van der Waals surface area contributed by atoms with Gasteiger partial charge in [-0.05, 0) is 43.5 Å². The van der Waals surface area contributed by atoms with Crippen molar-refractivity contribution in [3.8, 4) is 0 Å². The van der Waals surface area contributed by atoms with Crippen LogP contribution in [0.1, 0.15) is 19.3 Å². The third-order valence-electron chi connectivity index (χ3n) is 3.16. The van der Waals surface area contributed by atoms with Gasteiger partial charge in [0.2, 0.25) is 0 Å². The summed E-state index contributed by atoms with van der Waals surface area (Å²) < 4.78 is 0. The van der Waals surface area contributed by atoms with E-state index in [0.717, 1.165) is 16.7 Å². The van der Waals surface area contributed by atoms with E-state index in [1.54, 1.807) is 0 Å². The van der Waals surface area contributed by atoms with E-state index in [1.165, 1.54) is 19.3 Å². The molecule has 0 aromatic heterocycles. The van der Waals surface area contributed by atoms with E-state index < -0.39 is 0 Å². The highest BCUT2D eigenvalue weighted by Gasteiger charge is 2.29. The van der Waals surface area contributed by atoms with Crippen molar-refractivity contribution < 1.29 is 0 Å². The average molecular weight is 236 g/mol. The summed E-state index contributed by atoms with van der Waals surface area (Å²) in [6.07, 6.45) is 3.63. The Hall–Kier alpha value is -1.22. The average Bonchev–Trinajstić information content (AvgIpc) is 2.62. The normalized spacial score (nSPS) is 27.2. The van der Waals surface area contributed by atoms with Crippen LogP contribution in [0.2, 0.25) is 5.02 Å². The van der Waals surface area contributed by atoms with Gasteiger partial charge in [-0.25, -0.2) is 4.99 Å². The number of hydrogen-bond donors (Lipinski definition) is 2. The zero-order valence-corrected chi connectivity index (χ0v) is 9.67. The molecular weight excluding hydrogens is 222 g/mol. The van der Waals surface area contributed by atoms with Crippen LogP contribution in [0.4, 0.5) is 5.69 Å². The molecule has 1 aliphatic carbocycles. The van der Waals surface area contributed by atoms with Crippen molar-refractivity contribution in [1.82, 2.24) is 5.32 Å². The van der Waals surface area contributed by atoms with Crippen molar-refractivity contribution in [3.05, 3.63) is 29.3 Å². The van der Waals surface area contributed by atoms with Gasteiger partial charge in [0.25, 0.3) is 0 Å². The molecule has 3 nitrogen and oxygen atoms in total. The Morgan fingerprint density at radius 1 is 1.25 bits per heavy atom. The van der Waals surface area contributed by atoms with Gasteiger partial charge in [-0.15, -0.1) is 0 Å². The van der Waals surface area contributed by atoms with Gasteiger partial charge >= 0.3 is 0 Å². The molecule has 16 heavy (non-hydrogen) atoms. The topological polar surface area (TPSA) is 36.4 Å². The van der Waals surface area contributed by atoms with Crippen LogP contribution in [0.3, 0.4) is 0 Å². The lowest BCUT2D eigenvalue weighted by atomic mass is 10.2. The fourth-order valence-corrected chi connectivity index (χ4v) is 2.48. The lowest BCUT2D eigenvalue weighted by Crippen LogP contribution is -2.41. The number of fused-ring (bicyclic) bond motifs is 2. The number of benzene rings is 1. The summed E-state index contributed by atoms with van der Waals surface area (Å²) >= 11 is 5.84.